The molecule has 1 amide bonds. The van der Waals surface area contributed by atoms with Gasteiger partial charge in [0.15, 0.2) is 0 Å². The van der Waals surface area contributed by atoms with E-state index in [0.717, 1.165) is 24.6 Å². The summed E-state index contributed by atoms with van der Waals surface area (Å²) >= 11 is 1.45. The summed E-state index contributed by atoms with van der Waals surface area (Å²) in [6.07, 6.45) is 0. The highest BCUT2D eigenvalue weighted by molar-refractivity contribution is 7.09. The van der Waals surface area contributed by atoms with Crippen LogP contribution in [0, 0.1) is 11.8 Å². The molecule has 2 heterocycles. The second-order valence-corrected chi connectivity index (χ2v) is 8.31. The Balaban J connectivity index is 1.66. The second-order valence-electron chi connectivity index (χ2n) is 7.37. The van der Waals surface area contributed by atoms with Crippen molar-refractivity contribution in [1.82, 2.24) is 14.8 Å². The molecule has 5 nitrogen and oxygen atoms in total. The van der Waals surface area contributed by atoms with E-state index in [0.29, 0.717) is 24.1 Å². The maximum absolute atomic E-state index is 12.9. The van der Waals surface area contributed by atoms with Crippen molar-refractivity contribution in [3.8, 4) is 0 Å². The van der Waals surface area contributed by atoms with Crippen LogP contribution in [0.25, 0.3) is 0 Å². The Morgan fingerprint density at radius 3 is 2.50 bits per heavy atom. The number of nitrogens with zero attached hydrogens (tertiary/aromatic N) is 3. The Labute approximate surface area is 159 Å². The Bertz CT molecular complexity index is 720. The number of thiazole rings is 1. The maximum Gasteiger partial charge on any atom is 0.273 e. The predicted octanol–water partition coefficient (Wildman–Crippen LogP) is 2.83. The second kappa shape index (κ2) is 8.29. The van der Waals surface area contributed by atoms with Gasteiger partial charge in [-0.15, -0.1) is 11.3 Å². The van der Waals surface area contributed by atoms with Crippen molar-refractivity contribution in [1.29, 1.82) is 0 Å². The summed E-state index contributed by atoms with van der Waals surface area (Å²) in [6.45, 7) is 7.82. The molecule has 1 unspecified atom stereocenters. The molecule has 1 aromatic carbocycles. The smallest absolute Gasteiger partial charge is 0.273 e. The standard InChI is InChI=1S/C20H28N4OS/c1-14-10-24(12-16-7-5-4-6-8-16)11-15(2)19(14)23(3)20(25)17-13-26-18(9-21)22-17/h4-8,13-15,19H,9-12,21H2,1-3H3/t14-,15+,19?. The lowest BCUT2D eigenvalue weighted by molar-refractivity contribution is 0.0267. The first-order valence-corrected chi connectivity index (χ1v) is 10.1. The Morgan fingerprint density at radius 1 is 1.27 bits per heavy atom. The van der Waals surface area contributed by atoms with Crippen LogP contribution in [0.1, 0.15) is 34.9 Å². The predicted molar refractivity (Wildman–Crippen MR) is 106 cm³/mol. The summed E-state index contributed by atoms with van der Waals surface area (Å²) in [5.41, 5.74) is 7.48. The monoisotopic (exact) mass is 372 g/mol. The van der Waals surface area contributed by atoms with Crippen molar-refractivity contribution in [3.05, 3.63) is 52.0 Å². The molecule has 0 saturated carbocycles. The van der Waals surface area contributed by atoms with Gasteiger partial charge in [0.1, 0.15) is 10.7 Å². The molecule has 0 aliphatic carbocycles. The van der Waals surface area contributed by atoms with Crippen molar-refractivity contribution in [2.24, 2.45) is 17.6 Å². The molecule has 1 saturated heterocycles. The van der Waals surface area contributed by atoms with Gasteiger partial charge < -0.3 is 10.6 Å². The van der Waals surface area contributed by atoms with Crippen LogP contribution in [0.4, 0.5) is 0 Å². The first-order valence-electron chi connectivity index (χ1n) is 9.17. The summed E-state index contributed by atoms with van der Waals surface area (Å²) in [4.78, 5) is 21.6. The average molecular weight is 373 g/mol. The molecule has 6 heteroatoms. The first-order chi connectivity index (χ1) is 12.5. The maximum atomic E-state index is 12.9. The van der Waals surface area contributed by atoms with Crippen molar-refractivity contribution >= 4 is 17.2 Å². The lowest BCUT2D eigenvalue weighted by Crippen LogP contribution is -2.55. The summed E-state index contributed by atoms with van der Waals surface area (Å²) in [7, 11) is 1.91. The SMILES string of the molecule is C[C@@H]1CN(Cc2ccccc2)C[C@H](C)C1N(C)C(=O)c1csc(CN)n1. The van der Waals surface area contributed by atoms with Gasteiger partial charge >= 0.3 is 0 Å². The molecule has 140 valence electrons. The Hall–Kier alpha value is -1.76. The molecule has 0 radical (unpaired) electrons. The largest absolute Gasteiger partial charge is 0.337 e. The van der Waals surface area contributed by atoms with E-state index >= 15 is 0 Å². The average Bonchev–Trinajstić information content (AvgIpc) is 3.10. The van der Waals surface area contributed by atoms with Crippen LogP contribution in [0.5, 0.6) is 0 Å². The van der Waals surface area contributed by atoms with E-state index in [1.165, 1.54) is 16.9 Å². The molecular weight excluding hydrogens is 344 g/mol. The molecule has 0 bridgehead atoms. The molecular formula is C20H28N4OS. The van der Waals surface area contributed by atoms with Crippen molar-refractivity contribution in [3.63, 3.8) is 0 Å². The van der Waals surface area contributed by atoms with Gasteiger partial charge in [-0.2, -0.15) is 0 Å². The molecule has 2 aromatic rings. The van der Waals surface area contributed by atoms with Gasteiger partial charge in [0.05, 0.1) is 0 Å². The van der Waals surface area contributed by atoms with E-state index in [4.69, 9.17) is 5.73 Å². The van der Waals surface area contributed by atoms with Gasteiger partial charge in [-0.3, -0.25) is 9.69 Å². The van der Waals surface area contributed by atoms with Gasteiger partial charge in [-0.1, -0.05) is 44.2 Å². The third-order valence-electron chi connectivity index (χ3n) is 5.22. The molecule has 1 fully saturated rings. The highest BCUT2D eigenvalue weighted by Crippen LogP contribution is 2.28. The van der Waals surface area contributed by atoms with E-state index in [2.05, 4.69) is 54.1 Å². The third-order valence-corrected chi connectivity index (χ3v) is 6.09. The van der Waals surface area contributed by atoms with Gasteiger partial charge in [0, 0.05) is 44.6 Å². The number of carbonyl (C=O) groups excluding carboxylic acids is 1. The van der Waals surface area contributed by atoms with E-state index in [1.54, 1.807) is 0 Å². The lowest BCUT2D eigenvalue weighted by Gasteiger charge is -2.45. The number of hydrogen-bond donors (Lipinski definition) is 1. The minimum Gasteiger partial charge on any atom is -0.337 e. The van der Waals surface area contributed by atoms with Crippen LogP contribution in [0.2, 0.25) is 0 Å². The van der Waals surface area contributed by atoms with Crippen LogP contribution in [0.15, 0.2) is 35.7 Å². The number of aromatic nitrogens is 1. The zero-order valence-electron chi connectivity index (χ0n) is 15.8. The summed E-state index contributed by atoms with van der Waals surface area (Å²) in [6, 6.07) is 10.8. The van der Waals surface area contributed by atoms with Crippen molar-refractivity contribution in [2.45, 2.75) is 33.0 Å². The topological polar surface area (TPSA) is 62.5 Å². The number of amides is 1. The highest BCUT2D eigenvalue weighted by Gasteiger charge is 2.37. The fourth-order valence-electron chi connectivity index (χ4n) is 4.22. The molecule has 2 N–H and O–H groups in total. The van der Waals surface area contributed by atoms with E-state index < -0.39 is 0 Å². The summed E-state index contributed by atoms with van der Waals surface area (Å²) in [5.74, 6) is 0.814. The summed E-state index contributed by atoms with van der Waals surface area (Å²) in [5, 5.41) is 2.63. The normalized spacial score (nSPS) is 23.8. The quantitative estimate of drug-likeness (QED) is 0.877. The van der Waals surface area contributed by atoms with Crippen LogP contribution >= 0.6 is 11.3 Å². The Morgan fingerprint density at radius 2 is 1.92 bits per heavy atom. The van der Waals surface area contributed by atoms with E-state index in [-0.39, 0.29) is 11.9 Å². The molecule has 0 spiro atoms. The minimum absolute atomic E-state index is 0.00107. The third kappa shape index (κ3) is 4.14. The molecule has 3 atom stereocenters. The fourth-order valence-corrected chi connectivity index (χ4v) is 4.87. The first kappa shape index (κ1) is 19.0. The van der Waals surface area contributed by atoms with Gasteiger partial charge in [0.25, 0.3) is 5.91 Å². The van der Waals surface area contributed by atoms with Gasteiger partial charge in [-0.05, 0) is 17.4 Å². The number of hydrogen-bond acceptors (Lipinski definition) is 5. The van der Waals surface area contributed by atoms with Crippen LogP contribution in [0.3, 0.4) is 0 Å². The number of nitrogens with two attached hydrogens (primary N) is 1. The zero-order valence-corrected chi connectivity index (χ0v) is 16.6. The zero-order chi connectivity index (χ0) is 18.7. The number of rotatable bonds is 5. The number of piperidine rings is 1. The van der Waals surface area contributed by atoms with Crippen molar-refractivity contribution in [2.75, 3.05) is 20.1 Å². The molecule has 3 rings (SSSR count). The van der Waals surface area contributed by atoms with Crippen LogP contribution < -0.4 is 5.73 Å². The lowest BCUT2D eigenvalue weighted by atomic mass is 9.84. The number of likely N-dealkylation sites (tertiary alicyclic amines) is 1. The van der Waals surface area contributed by atoms with Crippen LogP contribution in [-0.2, 0) is 13.1 Å². The number of carbonyl (C=O) groups is 1. The minimum atomic E-state index is 0.00107. The molecule has 26 heavy (non-hydrogen) atoms. The van der Waals surface area contributed by atoms with Crippen LogP contribution in [-0.4, -0.2) is 46.9 Å². The van der Waals surface area contributed by atoms with E-state index in [9.17, 15) is 4.79 Å². The Kier molecular flexibility index (Phi) is 6.06. The fraction of sp³-hybridized carbons (Fsp3) is 0.500. The van der Waals surface area contributed by atoms with Gasteiger partial charge in [0.2, 0.25) is 0 Å². The number of benzene rings is 1. The van der Waals surface area contributed by atoms with E-state index in [1.807, 2.05) is 17.3 Å². The van der Waals surface area contributed by atoms with Crippen molar-refractivity contribution < 1.29 is 4.79 Å². The molecule has 1 aromatic heterocycles. The molecule has 1 aliphatic heterocycles. The summed E-state index contributed by atoms with van der Waals surface area (Å²) < 4.78 is 0. The highest BCUT2D eigenvalue weighted by atomic mass is 32.1. The molecule has 1 aliphatic rings. The van der Waals surface area contributed by atoms with Gasteiger partial charge in [-0.25, -0.2) is 4.98 Å².